The van der Waals surface area contributed by atoms with Gasteiger partial charge >= 0.3 is 0 Å². The number of aryl methyl sites for hydroxylation is 2. The van der Waals surface area contributed by atoms with Crippen molar-refractivity contribution in [1.82, 2.24) is 4.57 Å². The van der Waals surface area contributed by atoms with Gasteiger partial charge in [0, 0.05) is 17.4 Å². The Hall–Kier alpha value is -1.97. The number of hydrogen-bond donors (Lipinski definition) is 1. The fraction of sp³-hybridized carbons (Fsp3) is 0.250. The summed E-state index contributed by atoms with van der Waals surface area (Å²) in [5.41, 5.74) is 3.14. The van der Waals surface area contributed by atoms with Crippen molar-refractivity contribution in [2.24, 2.45) is 0 Å². The Morgan fingerprint density at radius 3 is 2.44 bits per heavy atom. The average molecular weight is 375 g/mol. The molecule has 0 bridgehead atoms. The minimum atomic E-state index is -0.195. The van der Waals surface area contributed by atoms with Gasteiger partial charge in [0.2, 0.25) is 0 Å². The summed E-state index contributed by atoms with van der Waals surface area (Å²) in [4.78, 5) is 13.0. The van der Waals surface area contributed by atoms with E-state index in [-0.39, 0.29) is 5.91 Å². The summed E-state index contributed by atoms with van der Waals surface area (Å²) in [6.45, 7) is 4.92. The number of rotatable bonds is 5. The predicted molar refractivity (Wildman–Crippen MR) is 106 cm³/mol. The lowest BCUT2D eigenvalue weighted by Gasteiger charge is -2.13. The zero-order valence-corrected chi connectivity index (χ0v) is 15.8. The van der Waals surface area contributed by atoms with Crippen LogP contribution in [-0.2, 0) is 6.54 Å². The van der Waals surface area contributed by atoms with Gasteiger partial charge in [-0.3, -0.25) is 4.79 Å². The Morgan fingerprint density at radius 1 is 1.08 bits per heavy atom. The normalized spacial score (nSPS) is 11.0. The van der Waals surface area contributed by atoms with Crippen LogP contribution in [0.25, 0.3) is 10.9 Å². The first kappa shape index (κ1) is 17.8. The molecule has 1 aromatic heterocycles. The highest BCUT2D eigenvalue weighted by atomic mass is 35.5. The van der Waals surface area contributed by atoms with Crippen LogP contribution < -0.4 is 5.32 Å². The van der Waals surface area contributed by atoms with Crippen LogP contribution in [0.4, 0.5) is 5.69 Å². The van der Waals surface area contributed by atoms with Crippen molar-refractivity contribution in [2.45, 2.75) is 33.2 Å². The molecule has 1 N–H and O–H groups in total. The molecule has 0 aliphatic carbocycles. The smallest absolute Gasteiger partial charge is 0.272 e. The highest BCUT2D eigenvalue weighted by Crippen LogP contribution is 2.32. The van der Waals surface area contributed by atoms with Gasteiger partial charge in [0.15, 0.2) is 0 Å². The van der Waals surface area contributed by atoms with Crippen molar-refractivity contribution in [3.05, 3.63) is 63.8 Å². The average Bonchev–Trinajstić information content (AvgIpc) is 2.89. The molecule has 1 amide bonds. The molecule has 0 fully saturated rings. The zero-order chi connectivity index (χ0) is 18.0. The van der Waals surface area contributed by atoms with E-state index in [1.807, 2.05) is 25.1 Å². The van der Waals surface area contributed by atoms with Crippen LogP contribution in [0.5, 0.6) is 0 Å². The molecule has 0 spiro atoms. The van der Waals surface area contributed by atoms with Crippen molar-refractivity contribution in [3.8, 4) is 0 Å². The molecule has 2 aromatic carbocycles. The third-order valence-corrected chi connectivity index (χ3v) is 5.01. The number of nitrogens with zero attached hydrogens (tertiary/aromatic N) is 1. The maximum absolute atomic E-state index is 13.0. The first-order chi connectivity index (χ1) is 12.0. The zero-order valence-electron chi connectivity index (χ0n) is 14.3. The number of carbonyl (C=O) groups excluding carboxylic acids is 1. The van der Waals surface area contributed by atoms with Gasteiger partial charge in [-0.2, -0.15) is 0 Å². The number of fused-ring (bicyclic) bond motifs is 1. The van der Waals surface area contributed by atoms with Gasteiger partial charge in [0.05, 0.1) is 15.7 Å². The minimum absolute atomic E-state index is 0.195. The lowest BCUT2D eigenvalue weighted by atomic mass is 10.1. The van der Waals surface area contributed by atoms with Gasteiger partial charge in [0.1, 0.15) is 5.69 Å². The van der Waals surface area contributed by atoms with Crippen molar-refractivity contribution in [2.75, 3.05) is 5.32 Å². The second kappa shape index (κ2) is 7.51. The van der Waals surface area contributed by atoms with Crippen molar-refractivity contribution >= 4 is 45.7 Å². The van der Waals surface area contributed by atoms with Gasteiger partial charge in [0.25, 0.3) is 5.91 Å². The molecule has 25 heavy (non-hydrogen) atoms. The van der Waals surface area contributed by atoms with E-state index >= 15 is 0 Å². The summed E-state index contributed by atoms with van der Waals surface area (Å²) in [5, 5.41) is 4.83. The highest BCUT2D eigenvalue weighted by molar-refractivity contribution is 6.40. The lowest BCUT2D eigenvalue weighted by Crippen LogP contribution is -2.18. The van der Waals surface area contributed by atoms with Gasteiger partial charge in [-0.25, -0.2) is 0 Å². The van der Waals surface area contributed by atoms with Crippen LogP contribution in [0.3, 0.4) is 0 Å². The predicted octanol–water partition coefficient (Wildman–Crippen LogP) is 6.31. The molecular formula is C20H20Cl2N2O. The van der Waals surface area contributed by atoms with E-state index in [0.717, 1.165) is 35.9 Å². The first-order valence-corrected chi connectivity index (χ1v) is 9.13. The number of amides is 1. The Bertz CT molecular complexity index is 911. The molecule has 0 aliphatic heterocycles. The molecule has 0 atom stereocenters. The fourth-order valence-electron chi connectivity index (χ4n) is 3.11. The standard InChI is InChI=1S/C20H20Cl2N2O/c1-3-4-12-24-17-11-6-5-8-14(17)13(2)19(24)20(25)23-18-15(21)9-7-10-16(18)22/h5-11H,3-4,12H2,1-2H3,(H,23,25). The van der Waals surface area contributed by atoms with E-state index in [4.69, 9.17) is 23.2 Å². The van der Waals surface area contributed by atoms with Crippen LogP contribution >= 0.6 is 23.2 Å². The summed E-state index contributed by atoms with van der Waals surface area (Å²) in [6, 6.07) is 13.3. The number of halogens is 2. The van der Waals surface area contributed by atoms with Crippen molar-refractivity contribution < 1.29 is 4.79 Å². The Morgan fingerprint density at radius 2 is 1.76 bits per heavy atom. The largest absolute Gasteiger partial charge is 0.336 e. The monoisotopic (exact) mass is 374 g/mol. The Balaban J connectivity index is 2.07. The fourth-order valence-corrected chi connectivity index (χ4v) is 3.60. The van der Waals surface area contributed by atoms with E-state index in [2.05, 4.69) is 22.9 Å². The van der Waals surface area contributed by atoms with Crippen molar-refractivity contribution in [1.29, 1.82) is 0 Å². The number of benzene rings is 2. The first-order valence-electron chi connectivity index (χ1n) is 8.37. The van der Waals surface area contributed by atoms with E-state index < -0.39 is 0 Å². The van der Waals surface area contributed by atoms with E-state index in [1.54, 1.807) is 18.2 Å². The number of nitrogens with one attached hydrogen (secondary N) is 1. The van der Waals surface area contributed by atoms with Crippen LogP contribution in [0.1, 0.15) is 35.8 Å². The number of para-hydroxylation sites is 2. The molecular weight excluding hydrogens is 355 g/mol. The van der Waals surface area contributed by atoms with Gasteiger partial charge in [-0.15, -0.1) is 0 Å². The molecule has 0 unspecified atom stereocenters. The molecule has 1 heterocycles. The van der Waals surface area contributed by atoms with E-state index in [1.165, 1.54) is 0 Å². The number of aromatic nitrogens is 1. The second-order valence-electron chi connectivity index (χ2n) is 6.05. The maximum atomic E-state index is 13.0. The summed E-state index contributed by atoms with van der Waals surface area (Å²) in [7, 11) is 0. The number of unbranched alkanes of at least 4 members (excludes halogenated alkanes) is 1. The van der Waals surface area contributed by atoms with E-state index in [9.17, 15) is 4.79 Å². The SMILES string of the molecule is CCCCn1c(C(=O)Nc2c(Cl)cccc2Cl)c(C)c2ccccc21. The lowest BCUT2D eigenvalue weighted by molar-refractivity contribution is 0.101. The molecule has 0 aliphatic rings. The summed E-state index contributed by atoms with van der Waals surface area (Å²) in [5.74, 6) is -0.195. The molecule has 3 aromatic rings. The number of anilines is 1. The number of carbonyl (C=O) groups is 1. The molecule has 0 radical (unpaired) electrons. The van der Waals surface area contributed by atoms with Gasteiger partial charge in [-0.1, -0.05) is 60.8 Å². The molecule has 5 heteroatoms. The topological polar surface area (TPSA) is 34.0 Å². The molecule has 0 saturated heterocycles. The Labute approximate surface area is 157 Å². The van der Waals surface area contributed by atoms with Crippen LogP contribution in [0.15, 0.2) is 42.5 Å². The quantitative estimate of drug-likeness (QED) is 0.557. The van der Waals surface area contributed by atoms with Gasteiger partial charge in [-0.05, 0) is 37.1 Å². The van der Waals surface area contributed by atoms with Crippen LogP contribution in [0, 0.1) is 6.92 Å². The summed E-state index contributed by atoms with van der Waals surface area (Å²) < 4.78 is 2.09. The third kappa shape index (κ3) is 3.39. The van der Waals surface area contributed by atoms with Crippen LogP contribution in [-0.4, -0.2) is 10.5 Å². The van der Waals surface area contributed by atoms with Crippen LogP contribution in [0.2, 0.25) is 10.0 Å². The van der Waals surface area contributed by atoms with Gasteiger partial charge < -0.3 is 9.88 Å². The molecule has 3 rings (SSSR count). The third-order valence-electron chi connectivity index (χ3n) is 4.38. The second-order valence-corrected chi connectivity index (χ2v) is 6.86. The maximum Gasteiger partial charge on any atom is 0.272 e. The number of hydrogen-bond acceptors (Lipinski definition) is 1. The van der Waals surface area contributed by atoms with E-state index in [0.29, 0.717) is 21.4 Å². The molecule has 3 nitrogen and oxygen atoms in total. The summed E-state index contributed by atoms with van der Waals surface area (Å²) >= 11 is 12.4. The van der Waals surface area contributed by atoms with Crippen molar-refractivity contribution in [3.63, 3.8) is 0 Å². The highest BCUT2D eigenvalue weighted by Gasteiger charge is 2.21. The minimum Gasteiger partial charge on any atom is -0.336 e. The molecule has 0 saturated carbocycles. The Kier molecular flexibility index (Phi) is 5.36. The molecule has 130 valence electrons. The summed E-state index contributed by atoms with van der Waals surface area (Å²) in [6.07, 6.45) is 2.06.